The summed E-state index contributed by atoms with van der Waals surface area (Å²) in [5, 5.41) is 9.38. The van der Waals surface area contributed by atoms with E-state index in [0.29, 0.717) is 40.8 Å². The van der Waals surface area contributed by atoms with Gasteiger partial charge in [0.1, 0.15) is 40.6 Å². The van der Waals surface area contributed by atoms with Crippen molar-refractivity contribution in [3.63, 3.8) is 0 Å². The lowest BCUT2D eigenvalue weighted by Gasteiger charge is -2.19. The van der Waals surface area contributed by atoms with Gasteiger partial charge in [0.2, 0.25) is 0 Å². The third-order valence-corrected chi connectivity index (χ3v) is 5.00. The summed E-state index contributed by atoms with van der Waals surface area (Å²) in [5.74, 6) is 0.732. The lowest BCUT2D eigenvalue weighted by Crippen LogP contribution is -2.23. The standard InChI is InChI=1S/C21H24N8/c1-2-15(28-20(24)16(22)18(26-28)13-9-5-3-6-10-13)29-21(25)17(23)19(27-29)14-11-7-4-8-12-14/h3-12,15H,2,22-25H2,1H3. The minimum absolute atomic E-state index is 0.366. The molecule has 29 heavy (non-hydrogen) atoms. The molecule has 0 atom stereocenters. The fraction of sp³-hybridized carbons (Fsp3) is 0.143. The molecule has 0 saturated heterocycles. The quantitative estimate of drug-likeness (QED) is 0.414. The van der Waals surface area contributed by atoms with Crippen LogP contribution in [0.2, 0.25) is 0 Å². The first-order chi connectivity index (χ1) is 14.0. The average molecular weight is 388 g/mol. The molecular weight excluding hydrogens is 364 g/mol. The Labute approximate surface area is 168 Å². The molecular formula is C21H24N8. The second kappa shape index (κ2) is 7.23. The van der Waals surface area contributed by atoms with Gasteiger partial charge in [0, 0.05) is 11.1 Å². The van der Waals surface area contributed by atoms with Crippen LogP contribution in [-0.2, 0) is 0 Å². The number of hydrogen-bond donors (Lipinski definition) is 4. The molecule has 2 heterocycles. The number of aromatic nitrogens is 4. The number of rotatable bonds is 5. The summed E-state index contributed by atoms with van der Waals surface area (Å²) in [7, 11) is 0. The minimum Gasteiger partial charge on any atom is -0.394 e. The van der Waals surface area contributed by atoms with E-state index in [0.717, 1.165) is 11.1 Å². The Morgan fingerprint density at radius 2 is 1.07 bits per heavy atom. The zero-order valence-corrected chi connectivity index (χ0v) is 16.2. The number of nitrogens with zero attached hydrogens (tertiary/aromatic N) is 4. The predicted octanol–water partition coefficient (Wildman–Crippen LogP) is 3.20. The molecule has 0 aliphatic carbocycles. The molecule has 0 radical (unpaired) electrons. The van der Waals surface area contributed by atoms with Crippen molar-refractivity contribution >= 4 is 23.0 Å². The Morgan fingerprint density at radius 1 is 0.690 bits per heavy atom. The Hall–Kier alpha value is -3.94. The molecule has 2 aromatic heterocycles. The van der Waals surface area contributed by atoms with E-state index in [9.17, 15) is 0 Å². The Balaban J connectivity index is 1.82. The van der Waals surface area contributed by atoms with Gasteiger partial charge < -0.3 is 22.9 Å². The number of nitrogens with two attached hydrogens (primary N) is 4. The van der Waals surface area contributed by atoms with Gasteiger partial charge in [-0.1, -0.05) is 67.6 Å². The maximum Gasteiger partial charge on any atom is 0.148 e. The molecule has 0 aliphatic heterocycles. The first kappa shape index (κ1) is 18.4. The lowest BCUT2D eigenvalue weighted by atomic mass is 10.1. The van der Waals surface area contributed by atoms with Crippen LogP contribution in [0.15, 0.2) is 60.7 Å². The summed E-state index contributed by atoms with van der Waals surface area (Å²) in [5.41, 5.74) is 29.1. The molecule has 2 aromatic carbocycles. The van der Waals surface area contributed by atoms with Gasteiger partial charge in [0.15, 0.2) is 0 Å². The van der Waals surface area contributed by atoms with Gasteiger partial charge in [0.05, 0.1) is 0 Å². The summed E-state index contributed by atoms with van der Waals surface area (Å²) in [6.07, 6.45) is 0.272. The SMILES string of the molecule is CCC(n1nc(-c2ccccc2)c(N)c1N)n1nc(-c2ccccc2)c(N)c1N. The van der Waals surface area contributed by atoms with Gasteiger partial charge in [-0.05, 0) is 6.42 Å². The van der Waals surface area contributed by atoms with E-state index in [2.05, 4.69) is 10.2 Å². The first-order valence-electron chi connectivity index (χ1n) is 9.40. The number of anilines is 4. The van der Waals surface area contributed by atoms with Gasteiger partial charge in [-0.3, -0.25) is 0 Å². The smallest absolute Gasteiger partial charge is 0.148 e. The van der Waals surface area contributed by atoms with Gasteiger partial charge in [-0.15, -0.1) is 0 Å². The number of benzene rings is 2. The Morgan fingerprint density at radius 3 is 1.41 bits per heavy atom. The van der Waals surface area contributed by atoms with Crippen molar-refractivity contribution in [3.8, 4) is 22.5 Å². The highest BCUT2D eigenvalue weighted by Gasteiger charge is 2.25. The molecule has 0 unspecified atom stereocenters. The summed E-state index contributed by atoms with van der Waals surface area (Å²) in [6.45, 7) is 2.00. The van der Waals surface area contributed by atoms with Gasteiger partial charge in [-0.2, -0.15) is 10.2 Å². The van der Waals surface area contributed by atoms with Gasteiger partial charge in [0.25, 0.3) is 0 Å². The highest BCUT2D eigenvalue weighted by Crippen LogP contribution is 2.36. The molecule has 0 fully saturated rings. The fourth-order valence-corrected chi connectivity index (χ4v) is 3.44. The summed E-state index contributed by atoms with van der Waals surface area (Å²) in [6, 6.07) is 19.4. The number of hydrogen-bond acceptors (Lipinski definition) is 6. The lowest BCUT2D eigenvalue weighted by molar-refractivity contribution is 0.361. The van der Waals surface area contributed by atoms with Crippen molar-refractivity contribution in [3.05, 3.63) is 60.7 Å². The minimum atomic E-state index is -0.366. The normalized spacial score (nSPS) is 11.2. The van der Waals surface area contributed by atoms with Crippen molar-refractivity contribution in [1.29, 1.82) is 0 Å². The van der Waals surface area contributed by atoms with E-state index >= 15 is 0 Å². The first-order valence-corrected chi connectivity index (χ1v) is 9.40. The molecule has 4 rings (SSSR count). The third kappa shape index (κ3) is 3.04. The van der Waals surface area contributed by atoms with Crippen LogP contribution >= 0.6 is 0 Å². The van der Waals surface area contributed by atoms with Crippen LogP contribution in [0.3, 0.4) is 0 Å². The molecule has 0 aliphatic rings. The average Bonchev–Trinajstić information content (AvgIpc) is 3.22. The molecule has 0 bridgehead atoms. The van der Waals surface area contributed by atoms with Crippen LogP contribution in [-0.4, -0.2) is 19.6 Å². The summed E-state index contributed by atoms with van der Waals surface area (Å²) in [4.78, 5) is 0. The second-order valence-electron chi connectivity index (χ2n) is 6.81. The van der Waals surface area contributed by atoms with Crippen molar-refractivity contribution in [1.82, 2.24) is 19.6 Å². The monoisotopic (exact) mass is 388 g/mol. The Kier molecular flexibility index (Phi) is 4.59. The highest BCUT2D eigenvalue weighted by molar-refractivity contribution is 5.81. The van der Waals surface area contributed by atoms with Crippen LogP contribution in [0.1, 0.15) is 19.5 Å². The molecule has 0 amide bonds. The van der Waals surface area contributed by atoms with Crippen molar-refractivity contribution in [2.24, 2.45) is 0 Å². The van der Waals surface area contributed by atoms with Crippen molar-refractivity contribution < 1.29 is 0 Å². The fourth-order valence-electron chi connectivity index (χ4n) is 3.44. The zero-order chi connectivity index (χ0) is 20.5. The van der Waals surface area contributed by atoms with Crippen LogP contribution in [0, 0.1) is 0 Å². The van der Waals surface area contributed by atoms with Crippen LogP contribution < -0.4 is 22.9 Å². The van der Waals surface area contributed by atoms with E-state index in [-0.39, 0.29) is 6.17 Å². The zero-order valence-electron chi connectivity index (χ0n) is 16.2. The maximum atomic E-state index is 6.32. The van der Waals surface area contributed by atoms with Crippen LogP contribution in [0.4, 0.5) is 23.0 Å². The summed E-state index contributed by atoms with van der Waals surface area (Å²) < 4.78 is 3.32. The molecule has 8 nitrogen and oxygen atoms in total. The number of nitrogen functional groups attached to an aromatic ring is 4. The Bertz CT molecular complexity index is 1040. The molecule has 0 saturated carbocycles. The third-order valence-electron chi connectivity index (χ3n) is 5.00. The molecule has 4 aromatic rings. The van der Waals surface area contributed by atoms with E-state index < -0.39 is 0 Å². The molecule has 148 valence electrons. The highest BCUT2D eigenvalue weighted by atomic mass is 15.5. The summed E-state index contributed by atoms with van der Waals surface area (Å²) >= 11 is 0. The molecule has 8 heteroatoms. The van der Waals surface area contributed by atoms with Crippen LogP contribution in [0.5, 0.6) is 0 Å². The van der Waals surface area contributed by atoms with Crippen molar-refractivity contribution in [2.45, 2.75) is 19.5 Å². The van der Waals surface area contributed by atoms with Crippen molar-refractivity contribution in [2.75, 3.05) is 22.9 Å². The van der Waals surface area contributed by atoms with E-state index in [1.54, 1.807) is 9.36 Å². The van der Waals surface area contributed by atoms with E-state index in [4.69, 9.17) is 22.9 Å². The molecule has 8 N–H and O–H groups in total. The van der Waals surface area contributed by atoms with Gasteiger partial charge >= 0.3 is 0 Å². The molecule has 0 spiro atoms. The van der Waals surface area contributed by atoms with E-state index in [1.807, 2.05) is 67.6 Å². The van der Waals surface area contributed by atoms with Gasteiger partial charge in [-0.25, -0.2) is 9.36 Å². The van der Waals surface area contributed by atoms with Crippen LogP contribution in [0.25, 0.3) is 22.5 Å². The maximum absolute atomic E-state index is 6.32. The van der Waals surface area contributed by atoms with E-state index in [1.165, 1.54) is 0 Å². The second-order valence-corrected chi connectivity index (χ2v) is 6.81. The topological polar surface area (TPSA) is 140 Å². The largest absolute Gasteiger partial charge is 0.394 e. The predicted molar refractivity (Wildman–Crippen MR) is 118 cm³/mol.